The van der Waals surface area contributed by atoms with Gasteiger partial charge in [0.2, 0.25) is 0 Å². The number of rotatable bonds is 8. The van der Waals surface area contributed by atoms with Gasteiger partial charge < -0.3 is 16.0 Å². The molecule has 32 heavy (non-hydrogen) atoms. The minimum atomic E-state index is 0.285. The van der Waals surface area contributed by atoms with Crippen molar-refractivity contribution in [1.82, 2.24) is 20.4 Å². The first-order valence-corrected chi connectivity index (χ1v) is 11.9. The molecule has 0 amide bonds. The summed E-state index contributed by atoms with van der Waals surface area (Å²) in [6, 6.07) is 10.5. The summed E-state index contributed by atoms with van der Waals surface area (Å²) < 4.78 is 1.25. The molecule has 168 valence electrons. The number of thiazole rings is 1. The van der Waals surface area contributed by atoms with Gasteiger partial charge in [-0.1, -0.05) is 12.1 Å². The molecule has 2 fully saturated rings. The van der Waals surface area contributed by atoms with E-state index < -0.39 is 0 Å². The van der Waals surface area contributed by atoms with Crippen molar-refractivity contribution >= 4 is 38.8 Å². The maximum atomic E-state index is 6.14. The van der Waals surface area contributed by atoms with Crippen LogP contribution in [0.5, 0.6) is 0 Å². The molecule has 1 aromatic carbocycles. The van der Waals surface area contributed by atoms with Gasteiger partial charge >= 0.3 is 0 Å². The Morgan fingerprint density at radius 3 is 2.75 bits per heavy atom. The Bertz CT molecular complexity index is 1070. The van der Waals surface area contributed by atoms with Crippen molar-refractivity contribution in [3.8, 4) is 0 Å². The molecule has 1 saturated carbocycles. The van der Waals surface area contributed by atoms with E-state index in [2.05, 4.69) is 55.0 Å². The number of amidine groups is 1. The van der Waals surface area contributed by atoms with Crippen LogP contribution in [0, 0.1) is 5.92 Å². The molecule has 0 atom stereocenters. The van der Waals surface area contributed by atoms with Crippen molar-refractivity contribution in [2.45, 2.75) is 19.4 Å². The van der Waals surface area contributed by atoms with Gasteiger partial charge in [-0.2, -0.15) is 0 Å². The van der Waals surface area contributed by atoms with Gasteiger partial charge in [0.05, 0.1) is 34.3 Å². The van der Waals surface area contributed by atoms with E-state index in [0.29, 0.717) is 5.69 Å². The lowest BCUT2D eigenvalue weighted by Gasteiger charge is -2.36. The number of hydrazine groups is 1. The van der Waals surface area contributed by atoms with E-state index in [1.54, 1.807) is 11.3 Å². The average molecular weight is 452 g/mol. The van der Waals surface area contributed by atoms with Crippen molar-refractivity contribution in [3.63, 3.8) is 0 Å². The number of hydrazone groups is 1. The van der Waals surface area contributed by atoms with Crippen molar-refractivity contribution in [1.29, 1.82) is 0 Å². The third-order valence-electron chi connectivity index (χ3n) is 6.00. The molecule has 10 heteroatoms. The molecule has 0 radical (unpaired) electrons. The number of benzene rings is 1. The molecule has 1 aliphatic heterocycles. The van der Waals surface area contributed by atoms with E-state index in [1.165, 1.54) is 22.5 Å². The molecular formula is C22H29N9S. The lowest BCUT2D eigenvalue weighted by Crippen LogP contribution is -2.46. The van der Waals surface area contributed by atoms with E-state index in [0.717, 1.165) is 62.1 Å². The predicted molar refractivity (Wildman–Crippen MR) is 131 cm³/mol. The molecule has 3 aromatic rings. The zero-order valence-corrected chi connectivity index (χ0v) is 18.8. The summed E-state index contributed by atoms with van der Waals surface area (Å²) >= 11 is 1.78. The summed E-state index contributed by atoms with van der Waals surface area (Å²) in [5.74, 6) is 6.42. The fourth-order valence-corrected chi connectivity index (χ4v) is 5.03. The smallest absolute Gasteiger partial charge is 0.172 e. The number of para-hydroxylation sites is 1. The Hall–Kier alpha value is -2.95. The van der Waals surface area contributed by atoms with E-state index >= 15 is 0 Å². The van der Waals surface area contributed by atoms with Gasteiger partial charge in [-0.3, -0.25) is 4.90 Å². The molecule has 5 rings (SSSR count). The number of aromatic nitrogens is 2. The second kappa shape index (κ2) is 9.27. The quantitative estimate of drug-likeness (QED) is 0.177. The maximum Gasteiger partial charge on any atom is 0.172 e. The maximum absolute atomic E-state index is 6.14. The van der Waals surface area contributed by atoms with Gasteiger partial charge in [-0.15, -0.1) is 16.4 Å². The molecule has 9 nitrogen and oxygen atoms in total. The molecule has 3 heterocycles. The average Bonchev–Trinajstić information content (AvgIpc) is 3.56. The molecular weight excluding hydrogens is 422 g/mol. The van der Waals surface area contributed by atoms with Gasteiger partial charge in [-0.05, 0) is 37.0 Å². The van der Waals surface area contributed by atoms with Crippen LogP contribution < -0.4 is 27.3 Å². The lowest BCUT2D eigenvalue weighted by molar-refractivity contribution is 0.249. The van der Waals surface area contributed by atoms with Crippen LogP contribution in [0.2, 0.25) is 0 Å². The summed E-state index contributed by atoms with van der Waals surface area (Å²) in [5.41, 5.74) is 12.2. The van der Waals surface area contributed by atoms with E-state index in [9.17, 15) is 0 Å². The molecule has 2 aromatic heterocycles. The first-order valence-electron chi connectivity index (χ1n) is 11.0. The SMILES string of the molecule is NN/N=C(\N)c1ncc(NCC2CC2)cc1N1CCN(Cc2nc3ccccc3s2)CC1. The second-order valence-electron chi connectivity index (χ2n) is 8.38. The minimum absolute atomic E-state index is 0.285. The highest BCUT2D eigenvalue weighted by atomic mass is 32.1. The third kappa shape index (κ3) is 4.77. The van der Waals surface area contributed by atoms with Crippen LogP contribution in [0.4, 0.5) is 11.4 Å². The van der Waals surface area contributed by atoms with Crippen molar-refractivity contribution in [2.75, 3.05) is 42.9 Å². The monoisotopic (exact) mass is 451 g/mol. The van der Waals surface area contributed by atoms with Gasteiger partial charge in [0, 0.05) is 32.7 Å². The zero-order valence-electron chi connectivity index (χ0n) is 18.0. The van der Waals surface area contributed by atoms with Crippen LogP contribution in [0.15, 0.2) is 41.6 Å². The molecule has 0 unspecified atom stereocenters. The summed E-state index contributed by atoms with van der Waals surface area (Å²) in [7, 11) is 0. The summed E-state index contributed by atoms with van der Waals surface area (Å²) in [6.45, 7) is 5.53. The van der Waals surface area contributed by atoms with Crippen LogP contribution in [0.3, 0.4) is 0 Å². The van der Waals surface area contributed by atoms with Gasteiger partial charge in [-0.25, -0.2) is 21.3 Å². The Kier molecular flexibility index (Phi) is 6.06. The van der Waals surface area contributed by atoms with Crippen molar-refractivity contribution in [3.05, 3.63) is 47.2 Å². The summed E-state index contributed by atoms with van der Waals surface area (Å²) in [4.78, 5) is 14.2. The lowest BCUT2D eigenvalue weighted by atomic mass is 10.2. The number of nitrogens with one attached hydrogen (secondary N) is 2. The van der Waals surface area contributed by atoms with E-state index in [4.69, 9.17) is 16.6 Å². The molecule has 0 spiro atoms. The van der Waals surface area contributed by atoms with Crippen LogP contribution >= 0.6 is 11.3 Å². The number of fused-ring (bicyclic) bond motifs is 1. The largest absolute Gasteiger partial charge is 0.383 e. The number of nitrogens with two attached hydrogens (primary N) is 2. The Labute approximate surface area is 191 Å². The van der Waals surface area contributed by atoms with Crippen LogP contribution in [0.25, 0.3) is 10.2 Å². The highest BCUT2D eigenvalue weighted by Gasteiger charge is 2.24. The van der Waals surface area contributed by atoms with Gasteiger partial charge in [0.25, 0.3) is 0 Å². The van der Waals surface area contributed by atoms with Gasteiger partial charge in [0.15, 0.2) is 5.84 Å². The number of hydrogen-bond donors (Lipinski definition) is 4. The second-order valence-corrected chi connectivity index (χ2v) is 9.50. The van der Waals surface area contributed by atoms with Gasteiger partial charge in [0.1, 0.15) is 10.7 Å². The molecule has 2 aliphatic rings. The van der Waals surface area contributed by atoms with E-state index in [1.807, 2.05) is 12.3 Å². The fourth-order valence-electron chi connectivity index (χ4n) is 4.02. The zero-order chi connectivity index (χ0) is 21.9. The number of hydrogen-bond acceptors (Lipinski definition) is 9. The Morgan fingerprint density at radius 1 is 1.19 bits per heavy atom. The van der Waals surface area contributed by atoms with Crippen molar-refractivity contribution < 1.29 is 0 Å². The molecule has 0 bridgehead atoms. The fraction of sp³-hybridized carbons (Fsp3) is 0.409. The highest BCUT2D eigenvalue weighted by Crippen LogP contribution is 2.30. The number of pyridine rings is 1. The summed E-state index contributed by atoms with van der Waals surface area (Å²) in [6.07, 6.45) is 4.44. The molecule has 1 aliphatic carbocycles. The third-order valence-corrected chi connectivity index (χ3v) is 7.02. The first-order chi connectivity index (χ1) is 15.7. The van der Waals surface area contributed by atoms with Crippen LogP contribution in [-0.2, 0) is 6.54 Å². The van der Waals surface area contributed by atoms with Crippen LogP contribution in [0.1, 0.15) is 23.5 Å². The standard InChI is InChI=1S/C22H29N9S/c23-22(28-29-24)21-18(11-16(13-26-21)25-12-15-5-6-15)31-9-7-30(8-10-31)14-20-27-17-3-1-2-4-19(17)32-20/h1-4,11,13,15,25,29H,5-10,12,14,24H2,(H2,23,28). The number of nitrogens with zero attached hydrogens (tertiary/aromatic N) is 5. The number of piperazine rings is 1. The summed E-state index contributed by atoms with van der Waals surface area (Å²) in [5, 5.41) is 8.63. The normalized spacial score (nSPS) is 17.7. The van der Waals surface area contributed by atoms with Crippen molar-refractivity contribution in [2.24, 2.45) is 22.6 Å². The van der Waals surface area contributed by atoms with Crippen LogP contribution in [-0.4, -0.2) is 53.4 Å². The Balaban J connectivity index is 1.28. The minimum Gasteiger partial charge on any atom is -0.383 e. The topological polar surface area (TPSA) is 121 Å². The highest BCUT2D eigenvalue weighted by molar-refractivity contribution is 7.18. The first kappa shape index (κ1) is 20.9. The Morgan fingerprint density at radius 2 is 2.00 bits per heavy atom. The van der Waals surface area contributed by atoms with E-state index in [-0.39, 0.29) is 5.84 Å². The predicted octanol–water partition coefficient (Wildman–Crippen LogP) is 1.92. The molecule has 1 saturated heterocycles. The molecule has 6 N–H and O–H groups in total. The number of anilines is 2.